The lowest BCUT2D eigenvalue weighted by atomic mass is 10.2. The summed E-state index contributed by atoms with van der Waals surface area (Å²) in [6.45, 7) is 3.53. The molecular formula is C19H23Cl3FN5O4. The van der Waals surface area contributed by atoms with Gasteiger partial charge in [0.25, 0.3) is 0 Å². The fourth-order valence-corrected chi connectivity index (χ4v) is 4.31. The van der Waals surface area contributed by atoms with Gasteiger partial charge in [0.2, 0.25) is 16.1 Å². The number of cyclic esters (lactones) is 1. The van der Waals surface area contributed by atoms with Crippen LogP contribution in [0.5, 0.6) is 0 Å². The fourth-order valence-electron chi connectivity index (χ4n) is 3.71. The zero-order valence-electron chi connectivity index (χ0n) is 17.2. The van der Waals surface area contributed by atoms with Crippen molar-refractivity contribution in [2.24, 2.45) is 0 Å². The molecule has 9 nitrogen and oxygen atoms in total. The van der Waals surface area contributed by atoms with Crippen LogP contribution in [0.2, 0.25) is 0 Å². The summed E-state index contributed by atoms with van der Waals surface area (Å²) in [6, 6.07) is 4.53. The predicted octanol–water partition coefficient (Wildman–Crippen LogP) is 1.85. The first kappa shape index (κ1) is 24.6. The molecule has 3 rings (SSSR count). The Balaban J connectivity index is 1.63. The first-order chi connectivity index (χ1) is 15.1. The molecule has 1 unspecified atom stereocenters. The minimum Gasteiger partial charge on any atom is -0.442 e. The normalized spacial score (nSPS) is 20.7. The average Bonchev–Trinajstić information content (AvgIpc) is 3.10. The van der Waals surface area contributed by atoms with Crippen molar-refractivity contribution in [3.8, 4) is 0 Å². The molecule has 0 aromatic heterocycles. The van der Waals surface area contributed by atoms with E-state index in [1.54, 1.807) is 17.0 Å². The van der Waals surface area contributed by atoms with E-state index >= 15 is 0 Å². The Hall–Kier alpha value is -2.01. The fraction of sp³-hybridized carbons (Fsp3) is 0.526. The van der Waals surface area contributed by atoms with Gasteiger partial charge in [-0.2, -0.15) is 0 Å². The Labute approximate surface area is 199 Å². The molecule has 2 saturated heterocycles. The van der Waals surface area contributed by atoms with Crippen LogP contribution in [-0.2, 0) is 14.3 Å². The maximum absolute atomic E-state index is 14.9. The molecule has 3 amide bonds. The standard InChI is InChI=1S/C19H23Cl3FN5O4/c1-12(30)24-9-14-10-28(18(31)32-14)13-2-3-16(15(23)8-13)26-4-6-27(7-5-26)17(25-11-29)19(20,21)22/h2-3,8,11,14,17H,4-7,9-10H2,1H3,(H,24,30)(H,25,29)/t14-,17?/m0/s1. The first-order valence-corrected chi connectivity index (χ1v) is 11.0. The molecule has 176 valence electrons. The highest BCUT2D eigenvalue weighted by Gasteiger charge is 2.39. The highest BCUT2D eigenvalue weighted by molar-refractivity contribution is 6.68. The number of carbonyl (C=O) groups is 3. The van der Waals surface area contributed by atoms with Crippen LogP contribution >= 0.6 is 34.8 Å². The second kappa shape index (κ2) is 10.3. The summed E-state index contributed by atoms with van der Waals surface area (Å²) in [4.78, 5) is 39.0. The van der Waals surface area contributed by atoms with Gasteiger partial charge in [0, 0.05) is 33.1 Å². The van der Waals surface area contributed by atoms with Gasteiger partial charge in [-0.15, -0.1) is 0 Å². The molecule has 2 fully saturated rings. The third kappa shape index (κ3) is 5.86. The molecule has 1 aromatic carbocycles. The first-order valence-electron chi connectivity index (χ1n) is 9.87. The lowest BCUT2D eigenvalue weighted by molar-refractivity contribution is -0.119. The number of hydrogen-bond donors (Lipinski definition) is 2. The van der Waals surface area contributed by atoms with Crippen LogP contribution in [0.4, 0.5) is 20.6 Å². The van der Waals surface area contributed by atoms with Gasteiger partial charge in [0.1, 0.15) is 18.1 Å². The van der Waals surface area contributed by atoms with E-state index in [4.69, 9.17) is 39.5 Å². The number of carbonyl (C=O) groups excluding carboxylic acids is 3. The summed E-state index contributed by atoms with van der Waals surface area (Å²) in [5, 5.41) is 5.10. The summed E-state index contributed by atoms with van der Waals surface area (Å²) in [5.74, 6) is -0.713. The highest BCUT2D eigenvalue weighted by Crippen LogP contribution is 2.33. The molecule has 2 aliphatic rings. The molecule has 0 saturated carbocycles. The lowest BCUT2D eigenvalue weighted by Crippen LogP contribution is -2.59. The molecule has 2 aliphatic heterocycles. The van der Waals surface area contributed by atoms with E-state index in [0.29, 0.717) is 44.0 Å². The van der Waals surface area contributed by atoms with Crippen molar-refractivity contribution >= 4 is 64.6 Å². The number of ether oxygens (including phenoxy) is 1. The van der Waals surface area contributed by atoms with Crippen molar-refractivity contribution in [1.29, 1.82) is 0 Å². The Bertz CT molecular complexity index is 864. The van der Waals surface area contributed by atoms with E-state index < -0.39 is 28.0 Å². The number of nitrogens with one attached hydrogen (secondary N) is 2. The molecule has 0 spiro atoms. The molecule has 2 heterocycles. The third-order valence-electron chi connectivity index (χ3n) is 5.25. The van der Waals surface area contributed by atoms with Crippen molar-refractivity contribution < 1.29 is 23.5 Å². The minimum absolute atomic E-state index is 0.191. The van der Waals surface area contributed by atoms with Crippen LogP contribution in [0.1, 0.15) is 6.92 Å². The summed E-state index contributed by atoms with van der Waals surface area (Å²) in [7, 11) is 0. The second-order valence-corrected chi connectivity index (χ2v) is 9.81. The molecule has 1 aromatic rings. The number of anilines is 2. The number of alkyl halides is 3. The van der Waals surface area contributed by atoms with Gasteiger partial charge >= 0.3 is 6.09 Å². The predicted molar refractivity (Wildman–Crippen MR) is 120 cm³/mol. The largest absolute Gasteiger partial charge is 0.442 e. The van der Waals surface area contributed by atoms with Crippen molar-refractivity contribution in [3.63, 3.8) is 0 Å². The SMILES string of the molecule is CC(=O)NC[C@H]1CN(c2ccc(N3CCN(C(NC=O)C(Cl)(Cl)Cl)CC3)c(F)c2)C(=O)O1. The van der Waals surface area contributed by atoms with Gasteiger partial charge in [-0.1, -0.05) is 34.8 Å². The Kier molecular flexibility index (Phi) is 7.92. The molecule has 2 atom stereocenters. The van der Waals surface area contributed by atoms with Crippen LogP contribution < -0.4 is 20.4 Å². The number of benzene rings is 1. The average molecular weight is 511 g/mol. The van der Waals surface area contributed by atoms with E-state index in [0.717, 1.165) is 0 Å². The highest BCUT2D eigenvalue weighted by atomic mass is 35.6. The summed E-state index contributed by atoms with van der Waals surface area (Å²) < 4.78 is 18.4. The maximum atomic E-state index is 14.9. The van der Waals surface area contributed by atoms with Crippen LogP contribution in [0, 0.1) is 5.82 Å². The van der Waals surface area contributed by atoms with E-state index in [1.807, 2.05) is 4.90 Å². The van der Waals surface area contributed by atoms with Crippen LogP contribution in [0.25, 0.3) is 0 Å². The summed E-state index contributed by atoms with van der Waals surface area (Å²) in [5.41, 5.74) is 0.746. The zero-order valence-corrected chi connectivity index (χ0v) is 19.5. The topological polar surface area (TPSA) is 94.2 Å². The third-order valence-corrected chi connectivity index (χ3v) is 5.87. The number of piperazine rings is 1. The van der Waals surface area contributed by atoms with Crippen molar-refractivity contribution in [1.82, 2.24) is 15.5 Å². The van der Waals surface area contributed by atoms with Gasteiger partial charge in [-0.05, 0) is 18.2 Å². The molecule has 0 bridgehead atoms. The quantitative estimate of drug-likeness (QED) is 0.430. The number of halogens is 4. The second-order valence-electron chi connectivity index (χ2n) is 7.44. The van der Waals surface area contributed by atoms with Gasteiger partial charge < -0.3 is 20.3 Å². The maximum Gasteiger partial charge on any atom is 0.414 e. The minimum atomic E-state index is -1.71. The molecule has 13 heteroatoms. The van der Waals surface area contributed by atoms with Crippen LogP contribution in [0.15, 0.2) is 18.2 Å². The van der Waals surface area contributed by atoms with E-state index in [1.165, 1.54) is 17.9 Å². The van der Waals surface area contributed by atoms with Crippen molar-refractivity contribution in [2.75, 3.05) is 49.1 Å². The van der Waals surface area contributed by atoms with Crippen molar-refractivity contribution in [2.45, 2.75) is 23.0 Å². The molecule has 0 radical (unpaired) electrons. The molecule has 0 aliphatic carbocycles. The Morgan fingerprint density at radius 3 is 2.56 bits per heavy atom. The molecule has 2 N–H and O–H groups in total. The van der Waals surface area contributed by atoms with E-state index in [2.05, 4.69) is 10.6 Å². The smallest absolute Gasteiger partial charge is 0.414 e. The van der Waals surface area contributed by atoms with Gasteiger partial charge in [0.15, 0.2) is 0 Å². The number of rotatable bonds is 7. The Morgan fingerprint density at radius 1 is 1.31 bits per heavy atom. The summed E-state index contributed by atoms with van der Waals surface area (Å²) >= 11 is 17.9. The lowest BCUT2D eigenvalue weighted by Gasteiger charge is -2.42. The van der Waals surface area contributed by atoms with Gasteiger partial charge in [-0.25, -0.2) is 9.18 Å². The van der Waals surface area contributed by atoms with Crippen molar-refractivity contribution in [3.05, 3.63) is 24.0 Å². The molecule has 32 heavy (non-hydrogen) atoms. The summed E-state index contributed by atoms with van der Waals surface area (Å²) in [6.07, 6.45) is -1.43. The molecular weight excluding hydrogens is 488 g/mol. The number of amides is 3. The van der Waals surface area contributed by atoms with E-state index in [9.17, 15) is 18.8 Å². The van der Waals surface area contributed by atoms with Crippen LogP contribution in [0.3, 0.4) is 0 Å². The Morgan fingerprint density at radius 2 is 2.00 bits per heavy atom. The van der Waals surface area contributed by atoms with E-state index in [-0.39, 0.29) is 19.0 Å². The van der Waals surface area contributed by atoms with Gasteiger partial charge in [-0.3, -0.25) is 19.4 Å². The zero-order chi connectivity index (χ0) is 23.5. The van der Waals surface area contributed by atoms with Gasteiger partial charge in [0.05, 0.1) is 24.5 Å². The van der Waals surface area contributed by atoms with Crippen LogP contribution in [-0.4, -0.2) is 78.6 Å². The number of nitrogens with zero attached hydrogens (tertiary/aromatic N) is 3. The number of hydrogen-bond acceptors (Lipinski definition) is 6. The monoisotopic (exact) mass is 509 g/mol.